The van der Waals surface area contributed by atoms with E-state index in [1.54, 1.807) is 12.5 Å². The average molecular weight is 629 g/mol. The van der Waals surface area contributed by atoms with Crippen LogP contribution in [-0.4, -0.2) is 50.7 Å². The minimum atomic E-state index is -0.688. The van der Waals surface area contributed by atoms with Crippen molar-refractivity contribution in [1.29, 1.82) is 0 Å². The maximum absolute atomic E-state index is 12.4. The zero-order chi connectivity index (χ0) is 32.7. The van der Waals surface area contributed by atoms with Gasteiger partial charge >= 0.3 is 11.9 Å². The maximum Gasteiger partial charge on any atom is 0.323 e. The lowest BCUT2D eigenvalue weighted by Gasteiger charge is -2.20. The topological polar surface area (TPSA) is 148 Å². The fraction of sp³-hybridized carbons (Fsp3) is 0.743. The highest BCUT2D eigenvalue weighted by molar-refractivity contribution is 5.75. The number of nitrogen functional groups attached to an aromatic ring is 1. The molecule has 0 aliphatic heterocycles. The van der Waals surface area contributed by atoms with Crippen LogP contribution in [-0.2, 0) is 25.6 Å². The van der Waals surface area contributed by atoms with Crippen molar-refractivity contribution in [2.24, 2.45) is 17.6 Å². The molecule has 0 fully saturated rings. The summed E-state index contributed by atoms with van der Waals surface area (Å²) in [5.74, 6) is -0.629. The number of ether oxygens (including phenoxy) is 2. The lowest BCUT2D eigenvalue weighted by atomic mass is 10.1. The number of fused-ring (bicyclic) bond motifs is 1. The summed E-state index contributed by atoms with van der Waals surface area (Å²) in [5, 5.41) is 0. The summed E-state index contributed by atoms with van der Waals surface area (Å²) in [7, 11) is 0. The zero-order valence-electron chi connectivity index (χ0n) is 28.3. The van der Waals surface area contributed by atoms with Crippen LogP contribution in [0.2, 0.25) is 0 Å². The number of unbranched alkanes of at least 4 members (excludes halogenated alkanes) is 13. The van der Waals surface area contributed by atoms with E-state index in [9.17, 15) is 9.59 Å². The third-order valence-electron chi connectivity index (χ3n) is 8.22. The molecule has 2 heterocycles. The van der Waals surface area contributed by atoms with E-state index in [4.69, 9.17) is 20.9 Å². The Hall–Kier alpha value is -3.01. The molecule has 0 aliphatic rings. The second-order valence-corrected chi connectivity index (χ2v) is 12.7. The lowest BCUT2D eigenvalue weighted by molar-refractivity contribution is -0.149. The molecule has 0 amide bonds. The van der Waals surface area contributed by atoms with Gasteiger partial charge in [0.1, 0.15) is 11.6 Å². The Morgan fingerprint density at radius 1 is 0.889 bits per heavy atom. The van der Waals surface area contributed by atoms with Crippen LogP contribution in [0.1, 0.15) is 130 Å². The van der Waals surface area contributed by atoms with Gasteiger partial charge in [0.05, 0.1) is 25.7 Å². The number of anilines is 1. The number of imidazole rings is 1. The molecule has 10 nitrogen and oxygen atoms in total. The first-order chi connectivity index (χ1) is 21.8. The first-order valence-corrected chi connectivity index (χ1v) is 17.5. The van der Waals surface area contributed by atoms with Crippen molar-refractivity contribution in [3.63, 3.8) is 0 Å². The van der Waals surface area contributed by atoms with Crippen molar-refractivity contribution in [1.82, 2.24) is 19.5 Å². The SMILES string of the molecule is CCCCCCCC/C=C/CCCCCCCCCC(=O)OCC[C@@H](COC(=O)[C@@H](N)C(C)C)Cn1cnc2cnc(N)nc21. The number of carbonyl (C=O) groups is 2. The minimum Gasteiger partial charge on any atom is -0.466 e. The van der Waals surface area contributed by atoms with Crippen molar-refractivity contribution >= 4 is 29.1 Å². The van der Waals surface area contributed by atoms with Crippen LogP contribution in [0.15, 0.2) is 24.7 Å². The molecule has 0 saturated carbocycles. The monoisotopic (exact) mass is 628 g/mol. The van der Waals surface area contributed by atoms with Crippen LogP contribution in [0.4, 0.5) is 5.95 Å². The molecule has 0 spiro atoms. The van der Waals surface area contributed by atoms with Crippen LogP contribution in [0.3, 0.4) is 0 Å². The molecule has 0 saturated heterocycles. The summed E-state index contributed by atoms with van der Waals surface area (Å²) in [4.78, 5) is 37.3. The zero-order valence-corrected chi connectivity index (χ0v) is 28.3. The maximum atomic E-state index is 12.4. The van der Waals surface area contributed by atoms with Gasteiger partial charge in [0.25, 0.3) is 0 Å². The average Bonchev–Trinajstić information content (AvgIpc) is 3.41. The summed E-state index contributed by atoms with van der Waals surface area (Å²) < 4.78 is 12.9. The molecule has 2 aromatic heterocycles. The molecule has 2 atom stereocenters. The van der Waals surface area contributed by atoms with E-state index in [2.05, 4.69) is 34.0 Å². The number of esters is 2. The third kappa shape index (κ3) is 16.8. The number of nitrogens with zero attached hydrogens (tertiary/aromatic N) is 4. The van der Waals surface area contributed by atoms with Gasteiger partial charge in [-0.05, 0) is 44.4 Å². The molecule has 0 aliphatic carbocycles. The van der Waals surface area contributed by atoms with Gasteiger partial charge in [-0.25, -0.2) is 9.97 Å². The molecule has 2 rings (SSSR count). The van der Waals surface area contributed by atoms with Gasteiger partial charge in [-0.2, -0.15) is 4.98 Å². The Bertz CT molecular complexity index is 1120. The summed E-state index contributed by atoms with van der Waals surface area (Å²) in [6, 6.07) is -0.688. The van der Waals surface area contributed by atoms with Crippen molar-refractivity contribution in [3.8, 4) is 0 Å². The van der Waals surface area contributed by atoms with Crippen LogP contribution >= 0.6 is 0 Å². The Balaban J connectivity index is 1.59. The summed E-state index contributed by atoms with van der Waals surface area (Å²) >= 11 is 0. The van der Waals surface area contributed by atoms with Crippen LogP contribution in [0.25, 0.3) is 11.2 Å². The van der Waals surface area contributed by atoms with Crippen molar-refractivity contribution in [2.75, 3.05) is 18.9 Å². The van der Waals surface area contributed by atoms with Crippen LogP contribution in [0, 0.1) is 11.8 Å². The fourth-order valence-electron chi connectivity index (χ4n) is 5.18. The predicted molar refractivity (Wildman–Crippen MR) is 181 cm³/mol. The number of allylic oxidation sites excluding steroid dienone is 2. The Kier molecular flexibility index (Phi) is 19.8. The first-order valence-electron chi connectivity index (χ1n) is 17.5. The second-order valence-electron chi connectivity index (χ2n) is 12.7. The molecule has 2 aromatic rings. The highest BCUT2D eigenvalue weighted by Crippen LogP contribution is 2.17. The Morgan fingerprint density at radius 2 is 1.51 bits per heavy atom. The van der Waals surface area contributed by atoms with Crippen LogP contribution in [0.5, 0.6) is 0 Å². The van der Waals surface area contributed by atoms with E-state index in [1.165, 1.54) is 77.0 Å². The van der Waals surface area contributed by atoms with Crippen molar-refractivity contribution in [2.45, 2.75) is 143 Å². The molecule has 45 heavy (non-hydrogen) atoms. The van der Waals surface area contributed by atoms with E-state index in [1.807, 2.05) is 18.4 Å². The smallest absolute Gasteiger partial charge is 0.323 e. The first kappa shape index (κ1) is 38.2. The molecule has 0 unspecified atom stereocenters. The van der Waals surface area contributed by atoms with Crippen LogP contribution < -0.4 is 11.5 Å². The number of hydrogen-bond donors (Lipinski definition) is 2. The third-order valence-corrected chi connectivity index (χ3v) is 8.22. The molecule has 10 heteroatoms. The highest BCUT2D eigenvalue weighted by atomic mass is 16.5. The van der Waals surface area contributed by atoms with Crippen molar-refractivity contribution < 1.29 is 19.1 Å². The van der Waals surface area contributed by atoms with Crippen molar-refractivity contribution in [3.05, 3.63) is 24.7 Å². The summed E-state index contributed by atoms with van der Waals surface area (Å²) in [5.41, 5.74) is 13.0. The van der Waals surface area contributed by atoms with E-state index in [0.717, 1.165) is 19.3 Å². The lowest BCUT2D eigenvalue weighted by Crippen LogP contribution is -2.38. The number of rotatable bonds is 26. The summed E-state index contributed by atoms with van der Waals surface area (Å²) in [6.45, 7) is 6.87. The predicted octanol–water partition coefficient (Wildman–Crippen LogP) is 7.30. The molecule has 0 bridgehead atoms. The number of carbonyl (C=O) groups excluding carboxylic acids is 2. The number of nitrogens with two attached hydrogens (primary N) is 2. The van der Waals surface area contributed by atoms with Gasteiger partial charge in [-0.1, -0.05) is 97.1 Å². The van der Waals surface area contributed by atoms with E-state index in [0.29, 0.717) is 30.6 Å². The molecule has 4 N–H and O–H groups in total. The molecule has 0 aromatic carbocycles. The molecular formula is C35H60N6O4. The molecule has 254 valence electrons. The van der Waals surface area contributed by atoms with Gasteiger partial charge in [-0.15, -0.1) is 0 Å². The van der Waals surface area contributed by atoms with E-state index >= 15 is 0 Å². The quantitative estimate of drug-likeness (QED) is 0.0621. The minimum absolute atomic E-state index is 0.0269. The normalized spacial score (nSPS) is 13.1. The molecular weight excluding hydrogens is 568 g/mol. The van der Waals surface area contributed by atoms with Gasteiger partial charge in [0.2, 0.25) is 5.95 Å². The van der Waals surface area contributed by atoms with Gasteiger partial charge in [0, 0.05) is 18.9 Å². The second kappa shape index (κ2) is 23.3. The largest absolute Gasteiger partial charge is 0.466 e. The summed E-state index contributed by atoms with van der Waals surface area (Å²) in [6.07, 6.45) is 27.6. The van der Waals surface area contributed by atoms with Gasteiger partial charge in [-0.3, -0.25) is 9.59 Å². The standard InChI is InChI=1S/C35H60N6O4/c1-4-5-6-7-8-9-10-11-12-13-14-15-16-17-18-19-20-21-31(42)44-23-22-29(26-45-34(43)32(36)28(2)3)25-41-27-39-30-24-38-35(37)40-33(30)41/h11-12,24,27-29,32H,4-10,13-23,25-26,36H2,1-3H3,(H2,37,38,40)/b12-11+/t29-,32+/m1/s1. The Labute approximate surface area is 271 Å². The molecule has 0 radical (unpaired) electrons. The number of aromatic nitrogens is 4. The Morgan fingerprint density at radius 3 is 2.16 bits per heavy atom. The van der Waals surface area contributed by atoms with Gasteiger partial charge < -0.3 is 25.5 Å². The van der Waals surface area contributed by atoms with E-state index < -0.39 is 12.0 Å². The number of hydrogen-bond acceptors (Lipinski definition) is 9. The van der Waals surface area contributed by atoms with Gasteiger partial charge in [0.15, 0.2) is 5.65 Å². The fourth-order valence-corrected chi connectivity index (χ4v) is 5.18. The highest BCUT2D eigenvalue weighted by Gasteiger charge is 2.22. The van der Waals surface area contributed by atoms with E-state index in [-0.39, 0.29) is 37.0 Å².